The van der Waals surface area contributed by atoms with E-state index in [-0.39, 0.29) is 11.9 Å². The second-order valence-corrected chi connectivity index (χ2v) is 5.59. The Morgan fingerprint density at radius 2 is 2.30 bits per heavy atom. The lowest BCUT2D eigenvalue weighted by atomic mass is 9.98. The Hall–Kier alpha value is -1.55. The fourth-order valence-electron chi connectivity index (χ4n) is 2.98. The monoisotopic (exact) mass is 275 g/mol. The fourth-order valence-corrected chi connectivity index (χ4v) is 2.98. The molecule has 3 N–H and O–H groups in total. The maximum absolute atomic E-state index is 12.4. The summed E-state index contributed by atoms with van der Waals surface area (Å²) in [5, 5.41) is 2.96. The predicted molar refractivity (Wildman–Crippen MR) is 83.6 cm³/mol. The number of nitrogens with zero attached hydrogens (tertiary/aromatic N) is 1. The molecule has 110 valence electrons. The number of rotatable bonds is 4. The largest absolute Gasteiger partial charge is 0.399 e. The Kier molecular flexibility index (Phi) is 5.01. The fraction of sp³-hybridized carbons (Fsp3) is 0.562. The van der Waals surface area contributed by atoms with Crippen molar-refractivity contribution in [1.82, 2.24) is 4.90 Å². The highest BCUT2D eigenvalue weighted by atomic mass is 16.2. The summed E-state index contributed by atoms with van der Waals surface area (Å²) in [4.78, 5) is 14.7. The minimum absolute atomic E-state index is 0.0518. The second-order valence-electron chi connectivity index (χ2n) is 5.59. The third kappa shape index (κ3) is 3.51. The first-order valence-electron chi connectivity index (χ1n) is 7.54. The van der Waals surface area contributed by atoms with Crippen LogP contribution in [0, 0.1) is 0 Å². The van der Waals surface area contributed by atoms with E-state index in [1.165, 1.54) is 19.3 Å². The van der Waals surface area contributed by atoms with Gasteiger partial charge in [-0.05, 0) is 50.9 Å². The highest BCUT2D eigenvalue weighted by Gasteiger charge is 2.29. The molecule has 4 nitrogen and oxygen atoms in total. The van der Waals surface area contributed by atoms with E-state index in [1.54, 1.807) is 6.07 Å². The van der Waals surface area contributed by atoms with Crippen molar-refractivity contribution >= 4 is 17.3 Å². The SMILES string of the molecule is CCC1CCCCN1C(C)C(=O)Nc1cccc(N)c1. The zero-order chi connectivity index (χ0) is 14.5. The van der Waals surface area contributed by atoms with E-state index < -0.39 is 0 Å². The number of nitrogens with one attached hydrogen (secondary N) is 1. The topological polar surface area (TPSA) is 58.4 Å². The summed E-state index contributed by atoms with van der Waals surface area (Å²) in [6.45, 7) is 5.21. The molecule has 1 fully saturated rings. The van der Waals surface area contributed by atoms with Crippen LogP contribution in [0.5, 0.6) is 0 Å². The smallest absolute Gasteiger partial charge is 0.241 e. The van der Waals surface area contributed by atoms with Crippen LogP contribution in [-0.4, -0.2) is 29.4 Å². The molecule has 1 aliphatic rings. The van der Waals surface area contributed by atoms with Gasteiger partial charge in [0, 0.05) is 17.4 Å². The maximum atomic E-state index is 12.4. The van der Waals surface area contributed by atoms with Gasteiger partial charge in [0.1, 0.15) is 0 Å². The summed E-state index contributed by atoms with van der Waals surface area (Å²) in [7, 11) is 0. The first-order valence-corrected chi connectivity index (χ1v) is 7.54. The third-order valence-corrected chi connectivity index (χ3v) is 4.18. The first-order chi connectivity index (χ1) is 9.61. The number of hydrogen-bond acceptors (Lipinski definition) is 3. The number of nitrogens with two attached hydrogens (primary N) is 1. The Morgan fingerprint density at radius 1 is 1.50 bits per heavy atom. The molecule has 0 bridgehead atoms. The highest BCUT2D eigenvalue weighted by molar-refractivity contribution is 5.94. The molecule has 1 aromatic rings. The molecular weight excluding hydrogens is 250 g/mol. The lowest BCUT2D eigenvalue weighted by molar-refractivity contribution is -0.122. The number of carbonyl (C=O) groups excluding carboxylic acids is 1. The van der Waals surface area contributed by atoms with Crippen LogP contribution in [0.25, 0.3) is 0 Å². The van der Waals surface area contributed by atoms with E-state index in [9.17, 15) is 4.79 Å². The van der Waals surface area contributed by atoms with Gasteiger partial charge < -0.3 is 11.1 Å². The number of hydrogen-bond donors (Lipinski definition) is 2. The Labute approximate surface area is 121 Å². The lowest BCUT2D eigenvalue weighted by Crippen LogP contribution is -2.49. The number of amides is 1. The van der Waals surface area contributed by atoms with Gasteiger partial charge in [0.2, 0.25) is 5.91 Å². The summed E-state index contributed by atoms with van der Waals surface area (Å²) in [5.41, 5.74) is 7.17. The van der Waals surface area contributed by atoms with Crippen molar-refractivity contribution in [3.63, 3.8) is 0 Å². The molecule has 0 radical (unpaired) electrons. The number of piperidine rings is 1. The van der Waals surface area contributed by atoms with Gasteiger partial charge in [-0.3, -0.25) is 9.69 Å². The summed E-state index contributed by atoms with van der Waals surface area (Å²) in [6.07, 6.45) is 4.77. The van der Waals surface area contributed by atoms with Gasteiger partial charge in [0.05, 0.1) is 6.04 Å². The molecule has 1 aliphatic heterocycles. The number of carbonyl (C=O) groups is 1. The van der Waals surface area contributed by atoms with E-state index in [0.29, 0.717) is 11.7 Å². The van der Waals surface area contributed by atoms with E-state index in [2.05, 4.69) is 17.1 Å². The first kappa shape index (κ1) is 14.9. The Balaban J connectivity index is 2.00. The molecule has 1 saturated heterocycles. The van der Waals surface area contributed by atoms with Crippen molar-refractivity contribution in [3.8, 4) is 0 Å². The molecule has 4 heteroatoms. The van der Waals surface area contributed by atoms with Crippen LogP contribution >= 0.6 is 0 Å². The van der Waals surface area contributed by atoms with Crippen LogP contribution in [-0.2, 0) is 4.79 Å². The average Bonchev–Trinajstić information content (AvgIpc) is 2.46. The number of benzene rings is 1. The molecule has 0 saturated carbocycles. The van der Waals surface area contributed by atoms with Gasteiger partial charge in [-0.2, -0.15) is 0 Å². The van der Waals surface area contributed by atoms with Crippen molar-refractivity contribution in [2.24, 2.45) is 0 Å². The van der Waals surface area contributed by atoms with Crippen LogP contribution < -0.4 is 11.1 Å². The molecule has 1 aromatic carbocycles. The molecule has 2 unspecified atom stereocenters. The number of likely N-dealkylation sites (tertiary alicyclic amines) is 1. The minimum Gasteiger partial charge on any atom is -0.399 e. The number of anilines is 2. The van der Waals surface area contributed by atoms with Gasteiger partial charge >= 0.3 is 0 Å². The van der Waals surface area contributed by atoms with Crippen LogP contribution in [0.3, 0.4) is 0 Å². The minimum atomic E-state index is -0.0957. The molecule has 2 rings (SSSR count). The molecule has 1 amide bonds. The summed E-state index contributed by atoms with van der Waals surface area (Å²) in [6, 6.07) is 7.77. The maximum Gasteiger partial charge on any atom is 0.241 e. The Bertz CT molecular complexity index is 461. The Morgan fingerprint density at radius 3 is 3.00 bits per heavy atom. The normalized spacial score (nSPS) is 21.4. The second kappa shape index (κ2) is 6.75. The van der Waals surface area contributed by atoms with Gasteiger partial charge in [0.15, 0.2) is 0 Å². The van der Waals surface area contributed by atoms with E-state index in [0.717, 1.165) is 18.7 Å². The van der Waals surface area contributed by atoms with E-state index >= 15 is 0 Å². The van der Waals surface area contributed by atoms with Crippen LogP contribution in [0.4, 0.5) is 11.4 Å². The number of nitrogen functional groups attached to an aromatic ring is 1. The quantitative estimate of drug-likeness (QED) is 0.831. The summed E-state index contributed by atoms with van der Waals surface area (Å²) in [5.74, 6) is 0.0518. The van der Waals surface area contributed by atoms with Gasteiger partial charge in [-0.1, -0.05) is 19.4 Å². The van der Waals surface area contributed by atoms with E-state index in [1.807, 2.05) is 25.1 Å². The molecule has 2 atom stereocenters. The van der Waals surface area contributed by atoms with Gasteiger partial charge in [0.25, 0.3) is 0 Å². The van der Waals surface area contributed by atoms with Crippen LogP contribution in [0.2, 0.25) is 0 Å². The zero-order valence-corrected chi connectivity index (χ0v) is 12.4. The van der Waals surface area contributed by atoms with Gasteiger partial charge in [-0.15, -0.1) is 0 Å². The molecular formula is C16H25N3O. The molecule has 0 spiro atoms. The average molecular weight is 275 g/mol. The molecule has 0 aromatic heterocycles. The third-order valence-electron chi connectivity index (χ3n) is 4.18. The van der Waals surface area contributed by atoms with Crippen LogP contribution in [0.15, 0.2) is 24.3 Å². The van der Waals surface area contributed by atoms with Crippen LogP contribution in [0.1, 0.15) is 39.5 Å². The van der Waals surface area contributed by atoms with Gasteiger partial charge in [-0.25, -0.2) is 0 Å². The molecule has 0 aliphatic carbocycles. The summed E-state index contributed by atoms with van der Waals surface area (Å²) >= 11 is 0. The standard InChI is InChI=1S/C16H25N3O/c1-3-15-9-4-5-10-19(15)12(2)16(20)18-14-8-6-7-13(17)11-14/h6-8,11-12,15H,3-5,9-10,17H2,1-2H3,(H,18,20). The zero-order valence-electron chi connectivity index (χ0n) is 12.4. The summed E-state index contributed by atoms with van der Waals surface area (Å²) < 4.78 is 0. The molecule has 20 heavy (non-hydrogen) atoms. The van der Waals surface area contributed by atoms with Crippen molar-refractivity contribution < 1.29 is 4.79 Å². The van der Waals surface area contributed by atoms with E-state index in [4.69, 9.17) is 5.73 Å². The van der Waals surface area contributed by atoms with Crippen molar-refractivity contribution in [3.05, 3.63) is 24.3 Å². The predicted octanol–water partition coefficient (Wildman–Crippen LogP) is 2.86. The lowest BCUT2D eigenvalue weighted by Gasteiger charge is -2.38. The van der Waals surface area contributed by atoms with Crippen molar-refractivity contribution in [1.29, 1.82) is 0 Å². The molecule has 1 heterocycles. The highest BCUT2D eigenvalue weighted by Crippen LogP contribution is 2.22. The van der Waals surface area contributed by atoms with Crippen molar-refractivity contribution in [2.45, 2.75) is 51.6 Å². The van der Waals surface area contributed by atoms with Crippen molar-refractivity contribution in [2.75, 3.05) is 17.6 Å².